The van der Waals surface area contributed by atoms with Gasteiger partial charge < -0.3 is 0 Å². The molecule has 0 heterocycles. The summed E-state index contributed by atoms with van der Waals surface area (Å²) < 4.78 is 27.7. The molecule has 0 radical (unpaired) electrons. The van der Waals surface area contributed by atoms with Crippen LogP contribution in [0.25, 0.3) is 0 Å². The predicted molar refractivity (Wildman–Crippen MR) is 50.8 cm³/mol. The third-order valence-corrected chi connectivity index (χ3v) is 2.76. The fourth-order valence-corrected chi connectivity index (χ4v) is 1.60. The number of alkyl halides is 2. The molecule has 2 heteroatoms. The average molecular weight is 192 g/mol. The Morgan fingerprint density at radius 1 is 1.21 bits per heavy atom. The van der Waals surface area contributed by atoms with Crippen LogP contribution in [0.1, 0.15) is 18.4 Å². The largest absolute Gasteiger partial charge is 0.289 e. The Morgan fingerprint density at radius 3 is 2.21 bits per heavy atom. The molecular weight excluding hydrogens is 182 g/mol. The van der Waals surface area contributed by atoms with Gasteiger partial charge in [-0.3, -0.25) is 0 Å². The molecule has 0 amide bonds. The van der Waals surface area contributed by atoms with E-state index in [9.17, 15) is 8.78 Å². The van der Waals surface area contributed by atoms with Crippen molar-refractivity contribution in [2.24, 2.45) is 5.41 Å². The van der Waals surface area contributed by atoms with Crippen molar-refractivity contribution in [3.63, 3.8) is 0 Å². The summed E-state index contributed by atoms with van der Waals surface area (Å²) in [5.74, 6) is -0.645. The van der Waals surface area contributed by atoms with Crippen LogP contribution in [0, 0.1) is 17.8 Å². The second-order valence-corrected chi connectivity index (χ2v) is 3.67. The molecule has 1 saturated carbocycles. The van der Waals surface area contributed by atoms with Gasteiger partial charge in [0, 0.05) is 5.56 Å². The number of hydrogen-bond donors (Lipinski definition) is 0. The number of rotatable bonds is 2. The summed E-state index contributed by atoms with van der Waals surface area (Å²) in [6, 6.07) is 7.79. The monoisotopic (exact) mass is 192 g/mol. The molecule has 1 fully saturated rings. The van der Waals surface area contributed by atoms with E-state index in [1.807, 2.05) is 0 Å². The molecule has 1 aromatic rings. The van der Waals surface area contributed by atoms with Crippen LogP contribution in [0.3, 0.4) is 0 Å². The molecule has 0 saturated heterocycles. The standard InChI is InChI=1S/C12H10F2/c1-2-11(8-9-11)12(13,14)10-6-4-3-5-7-10/h1,3-7H,8-9H2. The Hall–Kier alpha value is -1.36. The molecule has 0 bridgehead atoms. The maximum Gasteiger partial charge on any atom is 0.289 e. The molecule has 72 valence electrons. The van der Waals surface area contributed by atoms with Crippen LogP contribution in [0.2, 0.25) is 0 Å². The fourth-order valence-electron chi connectivity index (χ4n) is 1.60. The van der Waals surface area contributed by atoms with E-state index in [4.69, 9.17) is 6.42 Å². The zero-order chi connectivity index (χ0) is 10.2. The van der Waals surface area contributed by atoms with Crippen molar-refractivity contribution in [1.82, 2.24) is 0 Å². The molecule has 1 aromatic carbocycles. The van der Waals surface area contributed by atoms with Crippen LogP contribution < -0.4 is 0 Å². The van der Waals surface area contributed by atoms with Crippen LogP contribution in [0.15, 0.2) is 30.3 Å². The van der Waals surface area contributed by atoms with Crippen molar-refractivity contribution >= 4 is 0 Å². The summed E-state index contributed by atoms with van der Waals surface area (Å²) >= 11 is 0. The zero-order valence-electron chi connectivity index (χ0n) is 7.63. The molecule has 0 nitrogen and oxygen atoms in total. The van der Waals surface area contributed by atoms with Crippen molar-refractivity contribution in [2.75, 3.05) is 0 Å². The first-order valence-corrected chi connectivity index (χ1v) is 4.53. The second-order valence-electron chi connectivity index (χ2n) is 3.67. The van der Waals surface area contributed by atoms with Crippen LogP contribution in [0.4, 0.5) is 8.78 Å². The quantitative estimate of drug-likeness (QED) is 0.631. The van der Waals surface area contributed by atoms with Crippen molar-refractivity contribution in [3.8, 4) is 12.3 Å². The summed E-state index contributed by atoms with van der Waals surface area (Å²) in [7, 11) is 0. The number of hydrogen-bond acceptors (Lipinski definition) is 0. The first-order chi connectivity index (χ1) is 6.62. The molecule has 0 aliphatic heterocycles. The highest BCUT2D eigenvalue weighted by Gasteiger charge is 2.61. The maximum atomic E-state index is 13.9. The van der Waals surface area contributed by atoms with Gasteiger partial charge in [-0.15, -0.1) is 6.42 Å². The average Bonchev–Trinajstić information content (AvgIpc) is 3.00. The van der Waals surface area contributed by atoms with E-state index in [1.165, 1.54) is 12.1 Å². The highest BCUT2D eigenvalue weighted by Crippen LogP contribution is 2.60. The van der Waals surface area contributed by atoms with Gasteiger partial charge in [0.05, 0.1) is 5.41 Å². The van der Waals surface area contributed by atoms with Crippen molar-refractivity contribution in [3.05, 3.63) is 35.9 Å². The van der Waals surface area contributed by atoms with E-state index < -0.39 is 11.3 Å². The molecule has 0 spiro atoms. The zero-order valence-corrected chi connectivity index (χ0v) is 7.63. The topological polar surface area (TPSA) is 0 Å². The van der Waals surface area contributed by atoms with Gasteiger partial charge in [-0.05, 0) is 12.8 Å². The summed E-state index contributed by atoms with van der Waals surface area (Å²) in [4.78, 5) is 0. The molecule has 1 aliphatic rings. The SMILES string of the molecule is C#CC1(C(F)(F)c2ccccc2)CC1. The van der Waals surface area contributed by atoms with E-state index in [1.54, 1.807) is 18.2 Å². The van der Waals surface area contributed by atoms with Gasteiger partial charge >= 0.3 is 0 Å². The van der Waals surface area contributed by atoms with Crippen LogP contribution >= 0.6 is 0 Å². The van der Waals surface area contributed by atoms with Gasteiger partial charge in [0.1, 0.15) is 0 Å². The molecule has 1 aliphatic carbocycles. The van der Waals surface area contributed by atoms with Crippen molar-refractivity contribution in [2.45, 2.75) is 18.8 Å². The van der Waals surface area contributed by atoms with Crippen LogP contribution in [-0.2, 0) is 5.92 Å². The molecule has 0 atom stereocenters. The minimum atomic E-state index is -2.89. The summed E-state index contributed by atoms with van der Waals surface area (Å²) in [5, 5.41) is 0. The Kier molecular flexibility index (Phi) is 1.85. The van der Waals surface area contributed by atoms with E-state index >= 15 is 0 Å². The molecule has 2 rings (SSSR count). The van der Waals surface area contributed by atoms with Gasteiger partial charge in [0.2, 0.25) is 0 Å². The van der Waals surface area contributed by atoms with Crippen molar-refractivity contribution < 1.29 is 8.78 Å². The van der Waals surface area contributed by atoms with Gasteiger partial charge in [-0.2, -0.15) is 8.78 Å². The lowest BCUT2D eigenvalue weighted by Crippen LogP contribution is -2.25. The normalized spacial score (nSPS) is 18.6. The maximum absolute atomic E-state index is 13.9. The third kappa shape index (κ3) is 1.13. The Morgan fingerprint density at radius 2 is 1.79 bits per heavy atom. The first-order valence-electron chi connectivity index (χ1n) is 4.53. The van der Waals surface area contributed by atoms with E-state index in [-0.39, 0.29) is 5.56 Å². The lowest BCUT2D eigenvalue weighted by molar-refractivity contribution is -0.0559. The Labute approximate surface area is 81.9 Å². The summed E-state index contributed by atoms with van der Waals surface area (Å²) in [6.45, 7) is 0. The minimum Gasteiger partial charge on any atom is -0.200 e. The molecule has 14 heavy (non-hydrogen) atoms. The third-order valence-electron chi connectivity index (χ3n) is 2.76. The molecule has 0 N–H and O–H groups in total. The second kappa shape index (κ2) is 2.81. The van der Waals surface area contributed by atoms with Gasteiger partial charge in [0.25, 0.3) is 5.92 Å². The number of halogens is 2. The van der Waals surface area contributed by atoms with Crippen LogP contribution in [0.5, 0.6) is 0 Å². The summed E-state index contributed by atoms with van der Waals surface area (Å²) in [6.07, 6.45) is 6.01. The smallest absolute Gasteiger partial charge is 0.200 e. The predicted octanol–water partition coefficient (Wildman–Crippen LogP) is 3.19. The van der Waals surface area contributed by atoms with E-state index in [2.05, 4.69) is 5.92 Å². The summed E-state index contributed by atoms with van der Waals surface area (Å²) in [5.41, 5.74) is -1.19. The Balaban J connectivity index is 2.39. The molecular formula is C12H10F2. The highest BCUT2D eigenvalue weighted by molar-refractivity contribution is 5.31. The fraction of sp³-hybridized carbons (Fsp3) is 0.333. The molecule has 0 unspecified atom stereocenters. The van der Waals surface area contributed by atoms with Gasteiger partial charge in [0.15, 0.2) is 0 Å². The first kappa shape index (κ1) is 9.21. The Bertz CT molecular complexity index is 369. The lowest BCUT2D eigenvalue weighted by atomic mass is 9.92. The van der Waals surface area contributed by atoms with Gasteiger partial charge in [-0.1, -0.05) is 36.3 Å². The molecule has 0 aromatic heterocycles. The van der Waals surface area contributed by atoms with E-state index in [0.717, 1.165) is 0 Å². The number of benzene rings is 1. The highest BCUT2D eigenvalue weighted by atomic mass is 19.3. The number of terminal acetylenes is 1. The minimum absolute atomic E-state index is 0.0236. The van der Waals surface area contributed by atoms with Crippen molar-refractivity contribution in [1.29, 1.82) is 0 Å². The van der Waals surface area contributed by atoms with E-state index in [0.29, 0.717) is 12.8 Å². The van der Waals surface area contributed by atoms with Crippen LogP contribution in [-0.4, -0.2) is 0 Å². The lowest BCUT2D eigenvalue weighted by Gasteiger charge is -2.22. The van der Waals surface area contributed by atoms with Gasteiger partial charge in [-0.25, -0.2) is 0 Å².